The summed E-state index contributed by atoms with van der Waals surface area (Å²) < 4.78 is 46.5. The van der Waals surface area contributed by atoms with E-state index in [-0.39, 0.29) is 28.6 Å². The van der Waals surface area contributed by atoms with Crippen molar-refractivity contribution in [2.24, 2.45) is 7.05 Å². The summed E-state index contributed by atoms with van der Waals surface area (Å²) in [5, 5.41) is 8.84. The summed E-state index contributed by atoms with van der Waals surface area (Å²) in [6.07, 6.45) is 1.43. The molecule has 0 spiro atoms. The van der Waals surface area contributed by atoms with Crippen molar-refractivity contribution >= 4 is 11.2 Å². The standard InChI is InChI=1S/C18H9F3N6O2/c1-27-15(8-2-3-9(6-22)23-7-8)24-14-16(27)25-18(26-17(14)28)29-10-4-11(19)13(21)12(20)5-10/h2-5,7H,1H3,(H,25,26,28). The van der Waals surface area contributed by atoms with Crippen LogP contribution in [0.15, 0.2) is 35.3 Å². The topological polar surface area (TPSA) is 109 Å². The number of imidazole rings is 1. The number of nitrogens with one attached hydrogen (secondary N) is 1. The van der Waals surface area contributed by atoms with Crippen LogP contribution in [0.25, 0.3) is 22.6 Å². The predicted molar refractivity (Wildman–Crippen MR) is 93.5 cm³/mol. The molecule has 0 atom stereocenters. The van der Waals surface area contributed by atoms with E-state index >= 15 is 0 Å². The quantitative estimate of drug-likeness (QED) is 0.532. The highest BCUT2D eigenvalue weighted by Gasteiger charge is 2.17. The third-order valence-corrected chi connectivity index (χ3v) is 4.02. The molecule has 11 heteroatoms. The maximum absolute atomic E-state index is 13.4. The van der Waals surface area contributed by atoms with Crippen molar-refractivity contribution in [3.05, 3.63) is 64.0 Å². The van der Waals surface area contributed by atoms with E-state index in [0.29, 0.717) is 23.5 Å². The second-order valence-corrected chi connectivity index (χ2v) is 5.88. The largest absolute Gasteiger partial charge is 0.425 e. The number of nitriles is 1. The lowest BCUT2D eigenvalue weighted by atomic mass is 10.2. The Kier molecular flexibility index (Phi) is 4.23. The van der Waals surface area contributed by atoms with Crippen molar-refractivity contribution in [1.29, 1.82) is 5.26 Å². The minimum absolute atomic E-state index is 0.00400. The van der Waals surface area contributed by atoms with Crippen molar-refractivity contribution in [2.45, 2.75) is 0 Å². The molecule has 1 N–H and O–H groups in total. The van der Waals surface area contributed by atoms with Crippen LogP contribution in [0.1, 0.15) is 5.69 Å². The summed E-state index contributed by atoms with van der Waals surface area (Å²) in [6, 6.07) is 5.90. The molecule has 4 aromatic rings. The maximum Gasteiger partial charge on any atom is 0.304 e. The van der Waals surface area contributed by atoms with Crippen LogP contribution in [-0.4, -0.2) is 24.5 Å². The van der Waals surface area contributed by atoms with Crippen LogP contribution in [0.5, 0.6) is 11.8 Å². The second-order valence-electron chi connectivity index (χ2n) is 5.88. The van der Waals surface area contributed by atoms with Crippen LogP contribution >= 0.6 is 0 Å². The molecule has 0 bridgehead atoms. The first-order valence-electron chi connectivity index (χ1n) is 8.03. The zero-order chi connectivity index (χ0) is 20.7. The van der Waals surface area contributed by atoms with Crippen LogP contribution in [0, 0.1) is 28.8 Å². The van der Waals surface area contributed by atoms with Crippen molar-refractivity contribution < 1.29 is 17.9 Å². The minimum Gasteiger partial charge on any atom is -0.425 e. The van der Waals surface area contributed by atoms with Gasteiger partial charge in [0, 0.05) is 30.9 Å². The van der Waals surface area contributed by atoms with Crippen LogP contribution < -0.4 is 10.3 Å². The lowest BCUT2D eigenvalue weighted by Gasteiger charge is -2.06. The summed E-state index contributed by atoms with van der Waals surface area (Å²) in [4.78, 5) is 27.0. The summed E-state index contributed by atoms with van der Waals surface area (Å²) in [6.45, 7) is 0. The smallest absolute Gasteiger partial charge is 0.304 e. The fraction of sp³-hybridized carbons (Fsp3) is 0.0556. The Morgan fingerprint density at radius 1 is 1.17 bits per heavy atom. The molecular formula is C18H9F3N6O2. The molecule has 0 radical (unpaired) electrons. The van der Waals surface area contributed by atoms with Gasteiger partial charge in [-0.2, -0.15) is 10.2 Å². The van der Waals surface area contributed by atoms with E-state index in [1.807, 2.05) is 6.07 Å². The van der Waals surface area contributed by atoms with Gasteiger partial charge in [0.25, 0.3) is 5.56 Å². The molecule has 0 aliphatic heterocycles. The lowest BCUT2D eigenvalue weighted by Crippen LogP contribution is -2.10. The van der Waals surface area contributed by atoms with E-state index < -0.39 is 23.0 Å². The minimum atomic E-state index is -1.64. The second kappa shape index (κ2) is 6.75. The van der Waals surface area contributed by atoms with Gasteiger partial charge in [-0.05, 0) is 12.1 Å². The van der Waals surface area contributed by atoms with Gasteiger partial charge in [0.1, 0.15) is 23.3 Å². The number of pyridine rings is 1. The molecule has 3 heterocycles. The zero-order valence-corrected chi connectivity index (χ0v) is 14.6. The van der Waals surface area contributed by atoms with Crippen LogP contribution in [0.4, 0.5) is 13.2 Å². The summed E-state index contributed by atoms with van der Waals surface area (Å²) in [7, 11) is 1.59. The number of H-pyrrole nitrogens is 1. The highest BCUT2D eigenvalue weighted by Crippen LogP contribution is 2.25. The Bertz CT molecular complexity index is 1330. The Hall–Kier alpha value is -4.20. The van der Waals surface area contributed by atoms with E-state index in [1.54, 1.807) is 13.1 Å². The molecule has 0 aliphatic rings. The molecule has 3 aromatic heterocycles. The monoisotopic (exact) mass is 398 g/mol. The Balaban J connectivity index is 1.78. The zero-order valence-electron chi connectivity index (χ0n) is 14.6. The third kappa shape index (κ3) is 3.16. The van der Waals surface area contributed by atoms with E-state index in [0.717, 1.165) is 0 Å². The molecule has 4 rings (SSSR count). The highest BCUT2D eigenvalue weighted by atomic mass is 19.2. The van der Waals surface area contributed by atoms with Gasteiger partial charge in [-0.25, -0.2) is 23.1 Å². The number of hydrogen-bond donors (Lipinski definition) is 1. The molecule has 1 aromatic carbocycles. The lowest BCUT2D eigenvalue weighted by molar-refractivity contribution is 0.409. The number of fused-ring (bicyclic) bond motifs is 1. The predicted octanol–water partition coefficient (Wildman–Crippen LogP) is 2.80. The van der Waals surface area contributed by atoms with Gasteiger partial charge in [-0.3, -0.25) is 9.78 Å². The van der Waals surface area contributed by atoms with Gasteiger partial charge >= 0.3 is 6.01 Å². The first-order chi connectivity index (χ1) is 13.9. The van der Waals surface area contributed by atoms with Crippen molar-refractivity contribution in [3.8, 4) is 29.2 Å². The molecule has 29 heavy (non-hydrogen) atoms. The number of hydrogen-bond acceptors (Lipinski definition) is 6. The molecule has 0 aliphatic carbocycles. The normalized spacial score (nSPS) is 10.9. The van der Waals surface area contributed by atoms with Crippen LogP contribution in [0.3, 0.4) is 0 Å². The maximum atomic E-state index is 13.4. The molecule has 8 nitrogen and oxygen atoms in total. The van der Waals surface area contributed by atoms with Gasteiger partial charge in [0.05, 0.1) is 0 Å². The average molecular weight is 398 g/mol. The van der Waals surface area contributed by atoms with E-state index in [1.165, 1.54) is 16.8 Å². The van der Waals surface area contributed by atoms with E-state index in [2.05, 4.69) is 19.9 Å². The number of aryl methyl sites for hydroxylation is 1. The van der Waals surface area contributed by atoms with Gasteiger partial charge in [0.15, 0.2) is 28.6 Å². The molecule has 144 valence electrons. The number of benzene rings is 1. The van der Waals surface area contributed by atoms with Gasteiger partial charge in [-0.1, -0.05) is 0 Å². The molecule has 0 unspecified atom stereocenters. The number of aromatic amines is 1. The van der Waals surface area contributed by atoms with Gasteiger partial charge in [-0.15, -0.1) is 0 Å². The fourth-order valence-corrected chi connectivity index (χ4v) is 2.65. The Morgan fingerprint density at radius 3 is 2.52 bits per heavy atom. The van der Waals surface area contributed by atoms with Gasteiger partial charge < -0.3 is 9.30 Å². The van der Waals surface area contributed by atoms with E-state index in [9.17, 15) is 18.0 Å². The number of ether oxygens (including phenoxy) is 1. The number of halogens is 3. The molecule has 0 amide bonds. The number of rotatable bonds is 3. The summed E-state index contributed by atoms with van der Waals surface area (Å²) in [5.74, 6) is -4.56. The first-order valence-corrected chi connectivity index (χ1v) is 8.03. The number of nitrogens with zero attached hydrogens (tertiary/aromatic N) is 5. The highest BCUT2D eigenvalue weighted by molar-refractivity contribution is 5.76. The van der Waals surface area contributed by atoms with Gasteiger partial charge in [0.2, 0.25) is 0 Å². The molecule has 0 saturated heterocycles. The third-order valence-electron chi connectivity index (χ3n) is 4.02. The summed E-state index contributed by atoms with van der Waals surface area (Å²) in [5.41, 5.74) is 0.227. The SMILES string of the molecule is Cn1c(-c2ccc(C#N)nc2)nc2c(=O)[nH]c(Oc3cc(F)c(F)c(F)c3)nc21. The van der Waals surface area contributed by atoms with Crippen molar-refractivity contribution in [2.75, 3.05) is 0 Å². The Labute approximate surface area is 159 Å². The fourth-order valence-electron chi connectivity index (χ4n) is 2.65. The molecule has 0 fully saturated rings. The number of aromatic nitrogens is 5. The van der Waals surface area contributed by atoms with Crippen molar-refractivity contribution in [1.82, 2.24) is 24.5 Å². The molecule has 0 saturated carbocycles. The van der Waals surface area contributed by atoms with Crippen LogP contribution in [-0.2, 0) is 7.05 Å². The first kappa shape index (κ1) is 18.2. The molecular weight excluding hydrogens is 389 g/mol. The van der Waals surface area contributed by atoms with Crippen LogP contribution in [0.2, 0.25) is 0 Å². The average Bonchev–Trinajstić information content (AvgIpc) is 3.03. The van der Waals surface area contributed by atoms with E-state index in [4.69, 9.17) is 10.00 Å². The van der Waals surface area contributed by atoms with Crippen molar-refractivity contribution in [3.63, 3.8) is 0 Å². The summed E-state index contributed by atoms with van der Waals surface area (Å²) >= 11 is 0. The Morgan fingerprint density at radius 2 is 1.90 bits per heavy atom.